The maximum absolute atomic E-state index is 10.7. The smallest absolute Gasteiger partial charge is 0.653 e. The van der Waals surface area contributed by atoms with Crippen molar-refractivity contribution in [3.05, 3.63) is 5.32 Å². The van der Waals surface area contributed by atoms with Crippen molar-refractivity contribution >= 4 is 29.2 Å². The number of Topliss-reactive ketones (excluding diaryl/α,β-unsaturated/α-hetero) is 3. The van der Waals surface area contributed by atoms with Gasteiger partial charge in [-0.05, 0) is 34.2 Å². The molecule has 0 aromatic rings. The minimum Gasteiger partial charge on any atom is -0.653 e. The molecule has 0 radical (unpaired) electrons. The van der Waals surface area contributed by atoms with Crippen LogP contribution >= 0.6 is 0 Å². The summed E-state index contributed by atoms with van der Waals surface area (Å²) in [5.74, 6) is 0.150. The van der Waals surface area contributed by atoms with Crippen LogP contribution < -0.4 is 40.2 Å². The molecule has 0 aromatic heterocycles. The number of nitrogens with zero attached hydrogens (tertiary/aromatic N) is 1. The topological polar surface area (TPSA) is 124 Å². The van der Waals surface area contributed by atoms with Crippen molar-refractivity contribution in [1.29, 1.82) is 0 Å². The van der Waals surface area contributed by atoms with E-state index < -0.39 is 0 Å². The van der Waals surface area contributed by atoms with Crippen LogP contribution in [0.15, 0.2) is 0 Å². The van der Waals surface area contributed by atoms with Crippen molar-refractivity contribution in [3.63, 3.8) is 0 Å². The summed E-state index contributed by atoms with van der Waals surface area (Å²) < 4.78 is 0. The fourth-order valence-electron chi connectivity index (χ4n) is 1.85. The van der Waals surface area contributed by atoms with Gasteiger partial charge in [0.25, 0.3) is 0 Å². The van der Waals surface area contributed by atoms with Crippen LogP contribution in [0, 0.1) is 0 Å². The number of β-lactam (4-membered cyclic amide) rings is 1. The Morgan fingerprint density at radius 1 is 1.24 bits per heavy atom. The van der Waals surface area contributed by atoms with Crippen molar-refractivity contribution in [2.45, 2.75) is 58.5 Å². The summed E-state index contributed by atoms with van der Waals surface area (Å²) in [5, 5.41) is 8.81. The van der Waals surface area contributed by atoms with E-state index in [1.165, 1.54) is 20.8 Å². The summed E-state index contributed by atoms with van der Waals surface area (Å²) in [6.45, 7) is 5.19. The first kappa shape index (κ1) is 26.1. The molecule has 2 fully saturated rings. The number of likely N-dealkylation sites (N-methyl/N-ethyl adjacent to an activating group) is 1. The van der Waals surface area contributed by atoms with Crippen molar-refractivity contribution in [3.8, 4) is 0 Å². The fourth-order valence-corrected chi connectivity index (χ4v) is 1.85. The molecular formula is C16H26N3NaO5. The normalized spacial score (nSPS) is 18.5. The number of hydrogen-bond donors (Lipinski definition) is 2. The van der Waals surface area contributed by atoms with Crippen LogP contribution in [0.4, 0.5) is 0 Å². The molecule has 0 saturated carbocycles. The van der Waals surface area contributed by atoms with Gasteiger partial charge in [-0.1, -0.05) is 6.42 Å². The van der Waals surface area contributed by atoms with Crippen LogP contribution in [0.5, 0.6) is 0 Å². The van der Waals surface area contributed by atoms with Gasteiger partial charge in [-0.2, -0.15) is 0 Å². The van der Waals surface area contributed by atoms with Crippen LogP contribution in [0.2, 0.25) is 0 Å². The Bertz CT molecular complexity index is 480. The molecule has 2 atom stereocenters. The Morgan fingerprint density at radius 2 is 1.80 bits per heavy atom. The molecule has 25 heavy (non-hydrogen) atoms. The molecule has 2 N–H and O–H groups in total. The standard InChI is InChI=1S/C7H13NO2.C5H7NO2.C4H7NO.Na/c1-5(9)4-7(8-3)6(2)10;1-3(7)4-2-5(8)6-4;6-4-2-1-3-5-4;/h7-8H,4H2,1-3H3;4H,2H2,1H3,(H,6,8);1-3H2,(H,5,6);/q;;;+1/p-1/t7-;4-;;/m00../s1. The van der Waals surface area contributed by atoms with Gasteiger partial charge in [0.2, 0.25) is 5.91 Å². The molecule has 2 aliphatic rings. The average Bonchev–Trinajstić information content (AvgIpc) is 2.93. The molecule has 2 amide bonds. The van der Waals surface area contributed by atoms with Crippen LogP contribution in [-0.2, 0) is 24.0 Å². The van der Waals surface area contributed by atoms with Gasteiger partial charge in [-0.25, -0.2) is 0 Å². The Labute approximate surface area is 170 Å². The Kier molecular flexibility index (Phi) is 14.8. The molecule has 0 aromatic carbocycles. The van der Waals surface area contributed by atoms with Gasteiger partial charge in [-0.15, -0.1) is 6.54 Å². The van der Waals surface area contributed by atoms with Gasteiger partial charge >= 0.3 is 29.6 Å². The molecule has 9 heteroatoms. The van der Waals surface area contributed by atoms with Crippen LogP contribution in [0.1, 0.15) is 46.5 Å². The van der Waals surface area contributed by atoms with Gasteiger partial charge in [-0.3, -0.25) is 19.2 Å². The monoisotopic (exact) mass is 363 g/mol. The second-order valence-electron chi connectivity index (χ2n) is 5.67. The first-order valence-electron chi connectivity index (χ1n) is 7.84. The number of carbonyl (C=O) groups is 5. The van der Waals surface area contributed by atoms with Gasteiger partial charge in [0.1, 0.15) is 11.6 Å². The SMILES string of the molecule is CC(=O)[C@@H]1CC(=O)N1.CN[C@@H](CC(C)=O)C(C)=O.O=C1CCC[N-]1.[Na+]. The summed E-state index contributed by atoms with van der Waals surface area (Å²) in [4.78, 5) is 51.8. The van der Waals surface area contributed by atoms with Crippen molar-refractivity contribution in [2.75, 3.05) is 13.6 Å². The molecular weight excluding hydrogens is 337 g/mol. The van der Waals surface area contributed by atoms with Crippen molar-refractivity contribution < 1.29 is 53.5 Å². The molecule has 8 nitrogen and oxygen atoms in total. The maximum atomic E-state index is 10.7. The number of rotatable bonds is 5. The first-order chi connectivity index (χ1) is 11.2. The third-order valence-corrected chi connectivity index (χ3v) is 3.38. The maximum Gasteiger partial charge on any atom is 1.00 e. The zero-order valence-electron chi connectivity index (χ0n) is 15.7. The van der Waals surface area contributed by atoms with E-state index in [1.54, 1.807) is 7.05 Å². The number of carbonyl (C=O) groups excluding carboxylic acids is 5. The Balaban J connectivity index is 0. The third-order valence-electron chi connectivity index (χ3n) is 3.38. The molecule has 2 saturated heterocycles. The molecule has 0 spiro atoms. The molecule has 0 bridgehead atoms. The van der Waals surface area contributed by atoms with E-state index in [4.69, 9.17) is 0 Å². The molecule has 136 valence electrons. The molecule has 0 aliphatic carbocycles. The van der Waals surface area contributed by atoms with Gasteiger partial charge in [0.15, 0.2) is 5.78 Å². The zero-order valence-corrected chi connectivity index (χ0v) is 17.7. The number of amides is 2. The molecule has 2 aliphatic heterocycles. The summed E-state index contributed by atoms with van der Waals surface area (Å²) in [5.41, 5.74) is 0. The summed E-state index contributed by atoms with van der Waals surface area (Å²) in [7, 11) is 1.68. The van der Waals surface area contributed by atoms with Gasteiger partial charge < -0.3 is 20.7 Å². The average molecular weight is 363 g/mol. The number of nitrogens with one attached hydrogen (secondary N) is 2. The van der Waals surface area contributed by atoms with Crippen LogP contribution in [-0.4, -0.2) is 54.8 Å². The number of ketones is 3. The van der Waals surface area contributed by atoms with E-state index in [0.717, 1.165) is 13.0 Å². The molecule has 2 rings (SSSR count). The van der Waals surface area contributed by atoms with E-state index in [0.29, 0.717) is 19.3 Å². The first-order valence-corrected chi connectivity index (χ1v) is 7.84. The van der Waals surface area contributed by atoms with E-state index in [-0.39, 0.29) is 70.8 Å². The Morgan fingerprint density at radius 3 is 1.92 bits per heavy atom. The predicted molar refractivity (Wildman–Crippen MR) is 88.5 cm³/mol. The second kappa shape index (κ2) is 14.1. The van der Waals surface area contributed by atoms with E-state index in [1.807, 2.05) is 0 Å². The van der Waals surface area contributed by atoms with Crippen molar-refractivity contribution in [1.82, 2.24) is 10.6 Å². The summed E-state index contributed by atoms with van der Waals surface area (Å²) in [6, 6.07) is -0.472. The fraction of sp³-hybridized carbons (Fsp3) is 0.688. The number of hydrogen-bond acceptors (Lipinski definition) is 6. The van der Waals surface area contributed by atoms with Crippen molar-refractivity contribution in [2.24, 2.45) is 0 Å². The van der Waals surface area contributed by atoms with E-state index in [9.17, 15) is 24.0 Å². The predicted octanol–water partition coefficient (Wildman–Crippen LogP) is -2.71. The molecule has 0 unspecified atom stereocenters. The Hall–Kier alpha value is -1.09. The second-order valence-corrected chi connectivity index (χ2v) is 5.67. The van der Waals surface area contributed by atoms with E-state index >= 15 is 0 Å². The minimum atomic E-state index is -0.294. The summed E-state index contributed by atoms with van der Waals surface area (Å²) >= 11 is 0. The van der Waals surface area contributed by atoms with Crippen LogP contribution in [0.25, 0.3) is 5.32 Å². The summed E-state index contributed by atoms with van der Waals surface area (Å²) in [6.07, 6.45) is 2.33. The zero-order chi connectivity index (χ0) is 18.7. The minimum absolute atomic E-state index is 0. The van der Waals surface area contributed by atoms with Gasteiger partial charge in [0, 0.05) is 6.42 Å². The van der Waals surface area contributed by atoms with Gasteiger partial charge in [0.05, 0.1) is 24.4 Å². The van der Waals surface area contributed by atoms with Crippen LogP contribution in [0.3, 0.4) is 0 Å². The quantitative estimate of drug-likeness (QED) is 0.404. The van der Waals surface area contributed by atoms with E-state index in [2.05, 4.69) is 16.0 Å². The largest absolute Gasteiger partial charge is 1.00 e. The third kappa shape index (κ3) is 12.9. The molecule has 2 heterocycles.